The van der Waals surface area contributed by atoms with E-state index in [2.05, 4.69) is 14.7 Å². The van der Waals surface area contributed by atoms with Crippen molar-refractivity contribution >= 4 is 33.0 Å². The van der Waals surface area contributed by atoms with Crippen LogP contribution in [0, 0.1) is 6.92 Å². The molecule has 108 valence electrons. The quantitative estimate of drug-likeness (QED) is 0.913. The molecule has 0 bridgehead atoms. The maximum atomic E-state index is 12.2. The highest BCUT2D eigenvalue weighted by Crippen LogP contribution is 2.26. The third kappa shape index (κ3) is 3.35. The summed E-state index contributed by atoms with van der Waals surface area (Å²) in [7, 11) is -3.61. The largest absolute Gasteiger partial charge is 0.260 e. The Labute approximate surface area is 127 Å². The lowest BCUT2D eigenvalue weighted by atomic mass is 10.1. The molecule has 0 amide bonds. The van der Waals surface area contributed by atoms with Crippen LogP contribution in [0.25, 0.3) is 0 Å². The highest BCUT2D eigenvalue weighted by Gasteiger charge is 2.21. The van der Waals surface area contributed by atoms with E-state index in [9.17, 15) is 8.42 Å². The fourth-order valence-electron chi connectivity index (χ4n) is 1.78. The minimum Gasteiger partial charge on any atom is -0.260 e. The molecule has 2 aromatic heterocycles. The summed E-state index contributed by atoms with van der Waals surface area (Å²) in [5.74, 6) is 0. The fourth-order valence-corrected chi connectivity index (χ4v) is 4.55. The third-order valence-corrected chi connectivity index (χ3v) is 6.04. The Morgan fingerprint density at radius 3 is 2.80 bits per heavy atom. The number of nitrogens with one attached hydrogen (secondary N) is 1. The summed E-state index contributed by atoms with van der Waals surface area (Å²) in [6.45, 7) is 3.78. The number of nitrogens with zero attached hydrogens (tertiary/aromatic N) is 2. The van der Waals surface area contributed by atoms with Gasteiger partial charge in [-0.1, -0.05) is 35.9 Å². The van der Waals surface area contributed by atoms with Crippen LogP contribution in [-0.4, -0.2) is 18.4 Å². The van der Waals surface area contributed by atoms with Crippen molar-refractivity contribution in [3.05, 3.63) is 39.7 Å². The molecule has 2 heterocycles. The summed E-state index contributed by atoms with van der Waals surface area (Å²) < 4.78 is 27.3. The predicted octanol–water partition coefficient (Wildman–Crippen LogP) is 2.54. The van der Waals surface area contributed by atoms with Crippen molar-refractivity contribution in [1.82, 2.24) is 14.7 Å². The van der Waals surface area contributed by atoms with Gasteiger partial charge in [-0.2, -0.15) is 0 Å². The van der Waals surface area contributed by atoms with E-state index >= 15 is 0 Å². The summed E-state index contributed by atoms with van der Waals surface area (Å²) in [6.07, 6.45) is 2.45. The molecular formula is C12H14ClN3O2S2. The Morgan fingerprint density at radius 2 is 2.20 bits per heavy atom. The predicted molar refractivity (Wildman–Crippen MR) is 79.5 cm³/mol. The van der Waals surface area contributed by atoms with Gasteiger partial charge in [-0.15, -0.1) is 0 Å². The van der Waals surface area contributed by atoms with E-state index in [4.69, 9.17) is 11.6 Å². The number of rotatable bonds is 5. The molecule has 0 aliphatic heterocycles. The molecule has 0 fully saturated rings. The molecule has 2 rings (SSSR count). The van der Waals surface area contributed by atoms with Crippen LogP contribution >= 0.6 is 22.9 Å². The molecular weight excluding hydrogens is 318 g/mol. The Bertz CT molecular complexity index is 713. The number of hydrogen-bond donors (Lipinski definition) is 1. The van der Waals surface area contributed by atoms with Crippen LogP contribution in [0.4, 0.5) is 0 Å². The summed E-state index contributed by atoms with van der Waals surface area (Å²) in [5, 5.41) is 0. The van der Waals surface area contributed by atoms with Crippen LogP contribution in [0.5, 0.6) is 0 Å². The van der Waals surface area contributed by atoms with Crippen molar-refractivity contribution in [2.24, 2.45) is 0 Å². The number of halogens is 1. The molecule has 5 nitrogen and oxygen atoms in total. The fraction of sp³-hybridized carbons (Fsp3) is 0.333. The zero-order valence-corrected chi connectivity index (χ0v) is 13.4. The molecule has 20 heavy (non-hydrogen) atoms. The molecule has 0 radical (unpaired) electrons. The van der Waals surface area contributed by atoms with Gasteiger partial charge in [0, 0.05) is 6.20 Å². The minimum absolute atomic E-state index is 0.150. The Morgan fingerprint density at radius 1 is 1.45 bits per heavy atom. The number of thiazole rings is 1. The second kappa shape index (κ2) is 6.17. The number of sulfonamides is 1. The van der Waals surface area contributed by atoms with Crippen molar-refractivity contribution in [2.45, 2.75) is 31.0 Å². The summed E-state index contributed by atoms with van der Waals surface area (Å²) in [5.41, 5.74) is 2.16. The lowest BCUT2D eigenvalue weighted by Gasteiger charge is -2.08. The first kappa shape index (κ1) is 15.4. The average Bonchev–Trinajstić information content (AvgIpc) is 2.76. The number of aromatic nitrogens is 2. The van der Waals surface area contributed by atoms with Crippen molar-refractivity contribution < 1.29 is 8.42 Å². The van der Waals surface area contributed by atoms with E-state index in [0.29, 0.717) is 5.69 Å². The first-order valence-electron chi connectivity index (χ1n) is 5.99. The molecule has 0 unspecified atom stereocenters. The molecule has 1 N–H and O–H groups in total. The average molecular weight is 332 g/mol. The van der Waals surface area contributed by atoms with E-state index in [0.717, 1.165) is 29.0 Å². The van der Waals surface area contributed by atoms with Crippen LogP contribution in [0.2, 0.25) is 4.47 Å². The van der Waals surface area contributed by atoms with Gasteiger partial charge < -0.3 is 0 Å². The SMILES string of the molecule is CCc1cccnc1CNS(=O)(=O)c1sc(Cl)nc1C. The normalized spacial score (nSPS) is 11.8. The van der Waals surface area contributed by atoms with E-state index in [1.54, 1.807) is 13.1 Å². The van der Waals surface area contributed by atoms with Crippen LogP contribution in [0.3, 0.4) is 0 Å². The zero-order chi connectivity index (χ0) is 14.8. The summed E-state index contributed by atoms with van der Waals surface area (Å²) in [4.78, 5) is 8.12. The first-order valence-corrected chi connectivity index (χ1v) is 8.67. The summed E-state index contributed by atoms with van der Waals surface area (Å²) in [6, 6.07) is 3.77. The van der Waals surface area contributed by atoms with Crippen molar-refractivity contribution in [1.29, 1.82) is 0 Å². The molecule has 0 aliphatic carbocycles. The Hall–Kier alpha value is -1.02. The van der Waals surface area contributed by atoms with Gasteiger partial charge >= 0.3 is 0 Å². The highest BCUT2D eigenvalue weighted by atomic mass is 35.5. The van der Waals surface area contributed by atoms with Gasteiger partial charge in [-0.3, -0.25) is 4.98 Å². The molecule has 0 saturated heterocycles. The molecule has 0 saturated carbocycles. The number of aryl methyl sites for hydroxylation is 2. The van der Waals surface area contributed by atoms with Gasteiger partial charge in [0.2, 0.25) is 0 Å². The Balaban J connectivity index is 2.20. The van der Waals surface area contributed by atoms with Gasteiger partial charge in [0.05, 0.1) is 17.9 Å². The number of pyridine rings is 1. The smallest absolute Gasteiger partial charge is 0.252 e. The highest BCUT2D eigenvalue weighted by molar-refractivity contribution is 7.91. The molecule has 0 atom stereocenters. The van der Waals surface area contributed by atoms with E-state index in [1.807, 2.05) is 19.1 Å². The van der Waals surface area contributed by atoms with E-state index < -0.39 is 10.0 Å². The second-order valence-electron chi connectivity index (χ2n) is 4.13. The Kier molecular flexibility index (Phi) is 4.74. The zero-order valence-electron chi connectivity index (χ0n) is 11.1. The minimum atomic E-state index is -3.61. The van der Waals surface area contributed by atoms with Crippen LogP contribution in [-0.2, 0) is 23.0 Å². The molecule has 0 aromatic carbocycles. The van der Waals surface area contributed by atoms with Crippen LogP contribution < -0.4 is 4.72 Å². The number of hydrogen-bond acceptors (Lipinski definition) is 5. The van der Waals surface area contributed by atoms with E-state index in [1.165, 1.54) is 0 Å². The lowest BCUT2D eigenvalue weighted by molar-refractivity contribution is 0.581. The maximum absolute atomic E-state index is 12.2. The molecule has 8 heteroatoms. The second-order valence-corrected chi connectivity index (χ2v) is 7.67. The monoisotopic (exact) mass is 331 g/mol. The molecule has 0 spiro atoms. The lowest BCUT2D eigenvalue weighted by Crippen LogP contribution is -2.24. The molecule has 2 aromatic rings. The van der Waals surface area contributed by atoms with Gasteiger partial charge in [0.1, 0.15) is 0 Å². The van der Waals surface area contributed by atoms with Crippen molar-refractivity contribution in [2.75, 3.05) is 0 Å². The van der Waals surface area contributed by atoms with Crippen molar-refractivity contribution in [3.63, 3.8) is 0 Å². The summed E-state index contributed by atoms with van der Waals surface area (Å²) >= 11 is 6.69. The van der Waals surface area contributed by atoms with Gasteiger partial charge in [-0.25, -0.2) is 18.1 Å². The topological polar surface area (TPSA) is 72.0 Å². The third-order valence-electron chi connectivity index (χ3n) is 2.77. The molecule has 0 aliphatic rings. The van der Waals surface area contributed by atoms with Crippen molar-refractivity contribution in [3.8, 4) is 0 Å². The van der Waals surface area contributed by atoms with Crippen LogP contribution in [0.15, 0.2) is 22.5 Å². The first-order chi connectivity index (χ1) is 9.44. The van der Waals surface area contributed by atoms with Gasteiger partial charge in [0.25, 0.3) is 10.0 Å². The van der Waals surface area contributed by atoms with E-state index in [-0.39, 0.29) is 15.2 Å². The standard InChI is InChI=1S/C12H14ClN3O2S2/c1-3-9-5-4-6-14-10(9)7-15-20(17,18)11-8(2)16-12(13)19-11/h4-6,15H,3,7H2,1-2H3. The van der Waals surface area contributed by atoms with Gasteiger partial charge in [0.15, 0.2) is 8.68 Å². The van der Waals surface area contributed by atoms with Crippen LogP contribution in [0.1, 0.15) is 23.9 Å². The maximum Gasteiger partial charge on any atom is 0.252 e. The van der Waals surface area contributed by atoms with Gasteiger partial charge in [-0.05, 0) is 25.0 Å².